The third-order valence-electron chi connectivity index (χ3n) is 7.52. The average molecular weight is 654 g/mol. The number of nitrogens with two attached hydrogens (primary N) is 2. The molecule has 0 amide bonds. The van der Waals surface area contributed by atoms with Crippen molar-refractivity contribution in [3.05, 3.63) is 134 Å². The number of hydrogen-bond donors (Lipinski definition) is 4. The number of hydrogen-bond acceptors (Lipinski definition) is 6. The molecule has 6 N–H and O–H groups in total. The van der Waals surface area contributed by atoms with Crippen molar-refractivity contribution in [3.8, 4) is 0 Å². The van der Waals surface area contributed by atoms with E-state index >= 15 is 0 Å². The van der Waals surface area contributed by atoms with Crippen LogP contribution in [0, 0.1) is 9.54 Å². The molecule has 2 aliphatic carbocycles. The molecule has 0 aliphatic heterocycles. The van der Waals surface area contributed by atoms with E-state index in [4.69, 9.17) is 59.1 Å². The molecule has 4 aromatic rings. The van der Waals surface area contributed by atoms with Gasteiger partial charge in [0.1, 0.15) is 0 Å². The first-order valence-corrected chi connectivity index (χ1v) is 15.2. The maximum atomic E-state index is 11.9. The monoisotopic (exact) mass is 652 g/mol. The van der Waals surface area contributed by atoms with Crippen molar-refractivity contribution in [2.24, 2.45) is 11.5 Å². The molecule has 43 heavy (non-hydrogen) atoms. The zero-order chi connectivity index (χ0) is 30.8. The molecule has 222 valence electrons. The van der Waals surface area contributed by atoms with Gasteiger partial charge in [-0.3, -0.25) is 19.6 Å². The number of aromatic nitrogens is 4. The number of benzene rings is 2. The van der Waals surface area contributed by atoms with Crippen LogP contribution in [-0.2, 0) is 32.5 Å². The van der Waals surface area contributed by atoms with Crippen LogP contribution < -0.4 is 22.6 Å². The Kier molecular flexibility index (Phi) is 9.45. The summed E-state index contributed by atoms with van der Waals surface area (Å²) in [4.78, 5) is 29.3. The molecule has 12 heteroatoms. The fourth-order valence-electron chi connectivity index (χ4n) is 5.34. The number of nitrogens with one attached hydrogen (secondary N) is 2. The summed E-state index contributed by atoms with van der Waals surface area (Å²) in [6.45, 7) is 3.44. The zero-order valence-corrected chi connectivity index (χ0v) is 26.5. The minimum atomic E-state index is -0.130. The van der Waals surface area contributed by atoms with Gasteiger partial charge in [-0.2, -0.15) is 0 Å². The van der Waals surface area contributed by atoms with Gasteiger partial charge in [0.25, 0.3) is 11.1 Å². The van der Waals surface area contributed by atoms with E-state index in [0.717, 1.165) is 44.8 Å². The van der Waals surface area contributed by atoms with Crippen molar-refractivity contribution in [2.45, 2.75) is 45.4 Å². The third-order valence-corrected chi connectivity index (χ3v) is 8.63. The van der Waals surface area contributed by atoms with Crippen LogP contribution in [0.2, 0.25) is 10.0 Å². The number of allylic oxidation sites excluding steroid dienone is 2. The van der Waals surface area contributed by atoms with Gasteiger partial charge in [-0.1, -0.05) is 47.5 Å². The molecule has 2 aromatic heterocycles. The average Bonchev–Trinajstić information content (AvgIpc) is 3.66. The van der Waals surface area contributed by atoms with Crippen molar-refractivity contribution in [1.29, 1.82) is 0 Å². The Morgan fingerprint density at radius 3 is 1.81 bits per heavy atom. The second-order valence-electron chi connectivity index (χ2n) is 10.4. The van der Waals surface area contributed by atoms with E-state index < -0.39 is 0 Å². The number of H-pyrrole nitrogens is 2. The van der Waals surface area contributed by atoms with Crippen LogP contribution in [0.4, 0.5) is 0 Å². The largest absolute Gasteiger partial charge is 0.326 e. The summed E-state index contributed by atoms with van der Waals surface area (Å²) < 4.78 is 4.70. The molecule has 2 heterocycles. The summed E-state index contributed by atoms with van der Waals surface area (Å²) in [7, 11) is 0. The highest BCUT2D eigenvalue weighted by Crippen LogP contribution is 2.24. The molecule has 0 spiro atoms. The molecular formula is C31H30Cl2N6O2S2. The molecule has 0 fully saturated rings. The van der Waals surface area contributed by atoms with Crippen molar-refractivity contribution in [1.82, 2.24) is 19.1 Å². The van der Waals surface area contributed by atoms with E-state index in [9.17, 15) is 9.59 Å². The van der Waals surface area contributed by atoms with Gasteiger partial charge in [-0.15, -0.1) is 0 Å². The van der Waals surface area contributed by atoms with Gasteiger partial charge in [0.2, 0.25) is 0 Å². The van der Waals surface area contributed by atoms with Crippen molar-refractivity contribution in [3.63, 3.8) is 0 Å². The van der Waals surface area contributed by atoms with Crippen LogP contribution in [0.5, 0.6) is 0 Å². The SMILES string of the molecule is C[C@@H](N)c1cc(Cl)ccc1Cn1c2c(c(=O)[nH]c1=S)CC=C2.NCc1cc(Cl)ccc1Cn1c2c(c(=O)[nH]c1=S)CC=C2. The Labute approximate surface area is 268 Å². The van der Waals surface area contributed by atoms with Crippen LogP contribution in [0.25, 0.3) is 12.2 Å². The lowest BCUT2D eigenvalue weighted by Gasteiger charge is -2.17. The first-order valence-electron chi connectivity index (χ1n) is 13.6. The normalized spacial score (nSPS) is 13.4. The van der Waals surface area contributed by atoms with Crippen molar-refractivity contribution >= 4 is 59.8 Å². The number of rotatable bonds is 6. The first-order chi connectivity index (χ1) is 20.6. The standard InChI is InChI=1S/C16H16ClN3OS.C15H14ClN3OS/c1-9(18)13-7-11(17)6-5-10(13)8-20-14-4-2-3-12(14)15(21)19-16(20)22;16-11-5-4-9(10(6-11)7-17)8-19-13-3-1-2-12(13)14(20)18-15(19)21/h2,4-7,9H,3,8,18H2,1H3,(H,19,21,22);1,3-6H,2,7-8,17H2,(H,18,20,21)/t9-;/m1./s1. The quantitative estimate of drug-likeness (QED) is 0.194. The van der Waals surface area contributed by atoms with Crippen molar-refractivity contribution < 1.29 is 0 Å². The lowest BCUT2D eigenvalue weighted by Crippen LogP contribution is -2.21. The number of halogens is 2. The van der Waals surface area contributed by atoms with Crippen molar-refractivity contribution in [2.75, 3.05) is 0 Å². The molecule has 2 aromatic carbocycles. The molecule has 8 nitrogen and oxygen atoms in total. The topological polar surface area (TPSA) is 128 Å². The number of aromatic amines is 2. The second-order valence-corrected chi connectivity index (χ2v) is 12.0. The number of fused-ring (bicyclic) bond motifs is 2. The van der Waals surface area contributed by atoms with Gasteiger partial charge in [0.05, 0.1) is 24.5 Å². The minimum Gasteiger partial charge on any atom is -0.326 e. The van der Waals surface area contributed by atoms with E-state index in [1.807, 2.05) is 76.8 Å². The zero-order valence-electron chi connectivity index (χ0n) is 23.3. The Bertz CT molecular complexity index is 2020. The predicted molar refractivity (Wildman–Crippen MR) is 179 cm³/mol. The van der Waals surface area contributed by atoms with Crippen LogP contribution in [0.15, 0.2) is 58.1 Å². The predicted octanol–water partition coefficient (Wildman–Crippen LogP) is 5.83. The molecule has 0 saturated carbocycles. The molecule has 0 radical (unpaired) electrons. The fraction of sp³-hybridized carbons (Fsp3) is 0.226. The highest BCUT2D eigenvalue weighted by Gasteiger charge is 2.17. The van der Waals surface area contributed by atoms with Crippen LogP contribution >= 0.6 is 47.6 Å². The lowest BCUT2D eigenvalue weighted by molar-refractivity contribution is 0.707. The van der Waals surface area contributed by atoms with Gasteiger partial charge in [-0.05, 0) is 103 Å². The molecule has 1 atom stereocenters. The van der Waals surface area contributed by atoms with Gasteiger partial charge in [0.15, 0.2) is 9.54 Å². The molecule has 6 rings (SSSR count). The first kappa shape index (κ1) is 31.1. The number of nitrogens with zero attached hydrogens (tertiary/aromatic N) is 2. The summed E-state index contributed by atoms with van der Waals surface area (Å²) in [5.74, 6) is 0. The smallest absolute Gasteiger partial charge is 0.255 e. The maximum absolute atomic E-state index is 11.9. The van der Waals surface area contributed by atoms with Gasteiger partial charge in [-0.25, -0.2) is 0 Å². The van der Waals surface area contributed by atoms with Crippen LogP contribution in [0.1, 0.15) is 57.7 Å². The van der Waals surface area contributed by atoms with Crippen LogP contribution in [-0.4, -0.2) is 19.1 Å². The molecule has 2 aliphatic rings. The van der Waals surface area contributed by atoms with Gasteiger partial charge >= 0.3 is 0 Å². The summed E-state index contributed by atoms with van der Waals surface area (Å²) in [5.41, 5.74) is 18.9. The highest BCUT2D eigenvalue weighted by molar-refractivity contribution is 7.71. The Morgan fingerprint density at radius 2 is 1.30 bits per heavy atom. The molecular weight excluding hydrogens is 623 g/mol. The van der Waals surface area contributed by atoms with E-state index in [2.05, 4.69) is 9.97 Å². The summed E-state index contributed by atoms with van der Waals surface area (Å²) in [6.07, 6.45) is 9.11. The summed E-state index contributed by atoms with van der Waals surface area (Å²) in [5, 5.41) is 1.32. The van der Waals surface area contributed by atoms with E-state index in [1.54, 1.807) is 0 Å². The summed E-state index contributed by atoms with van der Waals surface area (Å²) >= 11 is 22.7. The third kappa shape index (κ3) is 6.59. The van der Waals surface area contributed by atoms with Crippen LogP contribution in [0.3, 0.4) is 0 Å². The lowest BCUT2D eigenvalue weighted by atomic mass is 10.0. The van der Waals surface area contributed by atoms with Gasteiger partial charge in [0, 0.05) is 33.8 Å². The maximum Gasteiger partial charge on any atom is 0.255 e. The van der Waals surface area contributed by atoms with E-state index in [-0.39, 0.29) is 17.2 Å². The van der Waals surface area contributed by atoms with Gasteiger partial charge < -0.3 is 20.6 Å². The van der Waals surface area contributed by atoms with E-state index in [0.29, 0.717) is 52.1 Å². The molecule has 0 unspecified atom stereocenters. The molecule has 0 bridgehead atoms. The molecule has 0 saturated heterocycles. The Balaban J connectivity index is 0.000000171. The Hall–Kier alpha value is -3.38. The highest BCUT2D eigenvalue weighted by atomic mass is 35.5. The fourth-order valence-corrected chi connectivity index (χ4v) is 6.22. The van der Waals surface area contributed by atoms with E-state index in [1.165, 1.54) is 0 Å². The minimum absolute atomic E-state index is 0.105. The second kappa shape index (κ2) is 13.1. The summed E-state index contributed by atoms with van der Waals surface area (Å²) in [6, 6.07) is 11.2. The Morgan fingerprint density at radius 1 is 0.814 bits per heavy atom.